The fourth-order valence-electron chi connectivity index (χ4n) is 2.14. The summed E-state index contributed by atoms with van der Waals surface area (Å²) >= 11 is 1.33. The molecule has 23 heavy (non-hydrogen) atoms. The van der Waals surface area contributed by atoms with E-state index in [1.165, 1.54) is 11.5 Å². The van der Waals surface area contributed by atoms with Crippen molar-refractivity contribution in [2.45, 2.75) is 27.2 Å². The first-order valence-corrected chi connectivity index (χ1v) is 8.51. The van der Waals surface area contributed by atoms with Crippen molar-refractivity contribution >= 4 is 17.4 Å². The Bertz CT molecular complexity index is 655. The number of carbonyl (C=O) groups is 1. The van der Waals surface area contributed by atoms with Gasteiger partial charge in [0.25, 0.3) is 5.91 Å². The number of ether oxygens (including phenoxy) is 2. The molecule has 2 rings (SSSR count). The summed E-state index contributed by atoms with van der Waals surface area (Å²) < 4.78 is 15.3. The van der Waals surface area contributed by atoms with E-state index in [-0.39, 0.29) is 5.91 Å². The molecule has 0 atom stereocenters. The number of carbonyl (C=O) groups excluding carboxylic acids is 1. The van der Waals surface area contributed by atoms with Crippen LogP contribution < -0.4 is 14.8 Å². The summed E-state index contributed by atoms with van der Waals surface area (Å²) in [6.07, 6.45) is 0.724. The van der Waals surface area contributed by atoms with Crippen LogP contribution in [0.4, 0.5) is 0 Å². The van der Waals surface area contributed by atoms with Crippen LogP contribution in [0.1, 0.15) is 34.8 Å². The number of aromatic nitrogens is 1. The summed E-state index contributed by atoms with van der Waals surface area (Å²) in [4.78, 5) is 13.0. The molecule has 0 aliphatic rings. The number of nitrogens with zero attached hydrogens (tertiary/aromatic N) is 1. The van der Waals surface area contributed by atoms with E-state index in [1.807, 2.05) is 39.0 Å². The van der Waals surface area contributed by atoms with E-state index >= 15 is 0 Å². The average molecular weight is 334 g/mol. The second kappa shape index (κ2) is 8.53. The summed E-state index contributed by atoms with van der Waals surface area (Å²) in [5, 5.41) is 2.89. The molecule has 0 aliphatic heterocycles. The fourth-order valence-corrected chi connectivity index (χ4v) is 2.68. The molecule has 0 aliphatic carbocycles. The van der Waals surface area contributed by atoms with Gasteiger partial charge in [0.2, 0.25) is 0 Å². The van der Waals surface area contributed by atoms with E-state index < -0.39 is 0 Å². The van der Waals surface area contributed by atoms with Crippen molar-refractivity contribution in [1.82, 2.24) is 9.69 Å². The minimum Gasteiger partial charge on any atom is -0.490 e. The highest BCUT2D eigenvalue weighted by Crippen LogP contribution is 2.28. The van der Waals surface area contributed by atoms with Crippen molar-refractivity contribution in [3.63, 3.8) is 0 Å². The smallest absolute Gasteiger partial charge is 0.271 e. The lowest BCUT2D eigenvalue weighted by molar-refractivity contribution is 0.0950. The zero-order valence-corrected chi connectivity index (χ0v) is 14.5. The first-order chi connectivity index (χ1) is 11.1. The number of rotatable bonds is 8. The molecule has 1 N–H and O–H groups in total. The maximum atomic E-state index is 11.9. The molecule has 6 heteroatoms. The predicted molar refractivity (Wildman–Crippen MR) is 91.7 cm³/mol. The maximum Gasteiger partial charge on any atom is 0.271 e. The van der Waals surface area contributed by atoms with Crippen LogP contribution in [-0.2, 0) is 6.42 Å². The third-order valence-electron chi connectivity index (χ3n) is 3.17. The van der Waals surface area contributed by atoms with Crippen LogP contribution in [0.2, 0.25) is 0 Å². The van der Waals surface area contributed by atoms with Gasteiger partial charge in [-0.25, -0.2) is 0 Å². The van der Waals surface area contributed by atoms with E-state index in [2.05, 4.69) is 9.69 Å². The third-order valence-corrected chi connectivity index (χ3v) is 3.86. The van der Waals surface area contributed by atoms with Gasteiger partial charge in [0, 0.05) is 11.4 Å². The van der Waals surface area contributed by atoms with Gasteiger partial charge in [-0.1, -0.05) is 6.07 Å². The first kappa shape index (κ1) is 17.3. The van der Waals surface area contributed by atoms with Gasteiger partial charge < -0.3 is 14.8 Å². The zero-order valence-electron chi connectivity index (χ0n) is 13.7. The van der Waals surface area contributed by atoms with Crippen molar-refractivity contribution in [1.29, 1.82) is 0 Å². The van der Waals surface area contributed by atoms with Crippen LogP contribution in [-0.4, -0.2) is 30.0 Å². The van der Waals surface area contributed by atoms with Gasteiger partial charge in [-0.2, -0.15) is 4.37 Å². The Labute approximate surface area is 140 Å². The average Bonchev–Trinajstić information content (AvgIpc) is 2.97. The standard InChI is InChI=1S/C17H22N2O3S/c1-4-21-15-7-6-13(11-16(15)22-5-2)8-9-18-17(20)14-10-12(3)23-19-14/h6-7,10-11H,4-5,8-9H2,1-3H3,(H,18,20). The molecular weight excluding hydrogens is 312 g/mol. The molecule has 0 bridgehead atoms. The minimum absolute atomic E-state index is 0.134. The van der Waals surface area contributed by atoms with E-state index in [0.29, 0.717) is 25.5 Å². The van der Waals surface area contributed by atoms with Gasteiger partial charge in [0.05, 0.1) is 13.2 Å². The highest BCUT2D eigenvalue weighted by Gasteiger charge is 2.10. The van der Waals surface area contributed by atoms with Gasteiger partial charge in [-0.05, 0) is 62.5 Å². The Balaban J connectivity index is 1.92. The monoisotopic (exact) mass is 334 g/mol. The normalized spacial score (nSPS) is 10.4. The van der Waals surface area contributed by atoms with Crippen molar-refractivity contribution in [3.8, 4) is 11.5 Å². The van der Waals surface area contributed by atoms with E-state index in [1.54, 1.807) is 6.07 Å². The molecule has 5 nitrogen and oxygen atoms in total. The highest BCUT2D eigenvalue weighted by molar-refractivity contribution is 7.05. The molecule has 0 saturated carbocycles. The number of hydrogen-bond donors (Lipinski definition) is 1. The summed E-state index contributed by atoms with van der Waals surface area (Å²) in [6.45, 7) is 7.56. The Morgan fingerprint density at radius 2 is 1.91 bits per heavy atom. The van der Waals surface area contributed by atoms with Crippen molar-refractivity contribution < 1.29 is 14.3 Å². The summed E-state index contributed by atoms with van der Waals surface area (Å²) in [5.41, 5.74) is 1.57. The summed E-state index contributed by atoms with van der Waals surface area (Å²) in [6, 6.07) is 7.67. The predicted octanol–water partition coefficient (Wildman–Crippen LogP) is 3.22. The number of nitrogens with one attached hydrogen (secondary N) is 1. The van der Waals surface area contributed by atoms with Gasteiger partial charge in [0.1, 0.15) is 5.69 Å². The molecule has 1 amide bonds. The minimum atomic E-state index is -0.134. The molecule has 0 saturated heterocycles. The van der Waals surface area contributed by atoms with E-state index in [0.717, 1.165) is 28.4 Å². The van der Waals surface area contributed by atoms with Gasteiger partial charge in [-0.15, -0.1) is 0 Å². The molecular formula is C17H22N2O3S. The molecule has 0 fully saturated rings. The van der Waals surface area contributed by atoms with E-state index in [4.69, 9.17) is 9.47 Å². The quantitative estimate of drug-likeness (QED) is 0.805. The molecule has 1 heterocycles. The molecule has 2 aromatic rings. The second-order valence-electron chi connectivity index (χ2n) is 4.98. The number of amides is 1. The highest BCUT2D eigenvalue weighted by atomic mass is 32.1. The zero-order chi connectivity index (χ0) is 16.7. The van der Waals surface area contributed by atoms with Gasteiger partial charge >= 0.3 is 0 Å². The molecule has 0 spiro atoms. The Morgan fingerprint density at radius 3 is 2.57 bits per heavy atom. The Morgan fingerprint density at radius 1 is 1.17 bits per heavy atom. The molecule has 1 aromatic carbocycles. The van der Waals surface area contributed by atoms with E-state index in [9.17, 15) is 4.79 Å². The number of hydrogen-bond acceptors (Lipinski definition) is 5. The van der Waals surface area contributed by atoms with Crippen LogP contribution in [0.3, 0.4) is 0 Å². The van der Waals surface area contributed by atoms with Crippen LogP contribution in [0.15, 0.2) is 24.3 Å². The lowest BCUT2D eigenvalue weighted by atomic mass is 10.1. The lowest BCUT2D eigenvalue weighted by Crippen LogP contribution is -2.25. The van der Waals surface area contributed by atoms with Crippen LogP contribution in [0.25, 0.3) is 0 Å². The molecule has 1 aromatic heterocycles. The van der Waals surface area contributed by atoms with Crippen LogP contribution >= 0.6 is 11.5 Å². The lowest BCUT2D eigenvalue weighted by Gasteiger charge is -2.12. The molecule has 0 unspecified atom stereocenters. The number of aryl methyl sites for hydroxylation is 1. The second-order valence-corrected chi connectivity index (χ2v) is 5.98. The molecule has 124 valence electrons. The topological polar surface area (TPSA) is 60.5 Å². The first-order valence-electron chi connectivity index (χ1n) is 7.74. The van der Waals surface area contributed by atoms with Crippen LogP contribution in [0.5, 0.6) is 11.5 Å². The largest absolute Gasteiger partial charge is 0.490 e. The Hall–Kier alpha value is -2.08. The van der Waals surface area contributed by atoms with Crippen LogP contribution in [0, 0.1) is 6.92 Å². The van der Waals surface area contributed by atoms with Crippen molar-refractivity contribution in [2.24, 2.45) is 0 Å². The Kier molecular flexibility index (Phi) is 6.40. The fraction of sp³-hybridized carbons (Fsp3) is 0.412. The SMILES string of the molecule is CCOc1ccc(CCNC(=O)c2cc(C)sn2)cc1OCC. The maximum absolute atomic E-state index is 11.9. The number of benzene rings is 1. The molecule has 0 radical (unpaired) electrons. The van der Waals surface area contributed by atoms with Gasteiger partial charge in [-0.3, -0.25) is 4.79 Å². The summed E-state index contributed by atoms with van der Waals surface area (Å²) in [5.74, 6) is 1.36. The van der Waals surface area contributed by atoms with Crippen molar-refractivity contribution in [2.75, 3.05) is 19.8 Å². The van der Waals surface area contributed by atoms with Gasteiger partial charge in [0.15, 0.2) is 11.5 Å². The van der Waals surface area contributed by atoms with Crippen molar-refractivity contribution in [3.05, 3.63) is 40.4 Å². The summed E-state index contributed by atoms with van der Waals surface area (Å²) in [7, 11) is 0. The third kappa shape index (κ3) is 4.96.